The summed E-state index contributed by atoms with van der Waals surface area (Å²) in [5.74, 6) is 0. The molecule has 0 saturated carbocycles. The summed E-state index contributed by atoms with van der Waals surface area (Å²) in [6.45, 7) is 8.31. The van der Waals surface area contributed by atoms with Gasteiger partial charge in [-0.15, -0.1) is 0 Å². The van der Waals surface area contributed by atoms with Crippen LogP contribution in [-0.4, -0.2) is 61.8 Å². The van der Waals surface area contributed by atoms with Gasteiger partial charge in [-0.2, -0.15) is 5.26 Å². The van der Waals surface area contributed by atoms with E-state index in [1.165, 1.54) is 0 Å². The average Bonchev–Trinajstić information content (AvgIpc) is 2.36. The van der Waals surface area contributed by atoms with Gasteiger partial charge in [-0.1, -0.05) is 0 Å². The maximum Gasteiger partial charge on any atom is 0.0641 e. The van der Waals surface area contributed by atoms with Crippen molar-refractivity contribution in [2.45, 2.75) is 44.7 Å². The van der Waals surface area contributed by atoms with E-state index in [9.17, 15) is 0 Å². The van der Waals surface area contributed by atoms with Crippen molar-refractivity contribution in [3.63, 3.8) is 0 Å². The molecule has 1 rings (SSSR count). The highest BCUT2D eigenvalue weighted by molar-refractivity contribution is 5.00. The van der Waals surface area contributed by atoms with E-state index in [1.54, 1.807) is 7.11 Å². The minimum atomic E-state index is 0.0542. The summed E-state index contributed by atoms with van der Waals surface area (Å²) in [7, 11) is 3.85. The topological polar surface area (TPSA) is 39.5 Å². The molecule has 104 valence electrons. The van der Waals surface area contributed by atoms with Crippen LogP contribution >= 0.6 is 0 Å². The Hall–Kier alpha value is -0.630. The zero-order valence-electron chi connectivity index (χ0n) is 12.3. The van der Waals surface area contributed by atoms with Crippen molar-refractivity contribution in [1.82, 2.24) is 9.80 Å². The molecule has 0 aliphatic carbocycles. The van der Waals surface area contributed by atoms with Crippen LogP contribution in [0.15, 0.2) is 0 Å². The summed E-state index contributed by atoms with van der Waals surface area (Å²) in [4.78, 5) is 4.83. The molecule has 0 amide bonds. The number of nitrogens with zero attached hydrogens (tertiary/aromatic N) is 3. The van der Waals surface area contributed by atoms with Crippen LogP contribution in [-0.2, 0) is 4.74 Å². The number of rotatable bonds is 6. The van der Waals surface area contributed by atoms with Gasteiger partial charge in [-0.05, 0) is 33.7 Å². The number of likely N-dealkylation sites (N-methyl/N-ethyl adjacent to an activating group) is 1. The van der Waals surface area contributed by atoms with Gasteiger partial charge in [0.2, 0.25) is 0 Å². The fourth-order valence-corrected chi connectivity index (χ4v) is 2.76. The largest absolute Gasteiger partial charge is 0.383 e. The van der Waals surface area contributed by atoms with Crippen LogP contribution in [0.25, 0.3) is 0 Å². The maximum absolute atomic E-state index is 9.11. The van der Waals surface area contributed by atoms with E-state index in [1.807, 2.05) is 0 Å². The lowest BCUT2D eigenvalue weighted by molar-refractivity contribution is 0.0178. The number of methoxy groups -OCH3 is 1. The van der Waals surface area contributed by atoms with Crippen LogP contribution in [0, 0.1) is 11.3 Å². The second-order valence-corrected chi connectivity index (χ2v) is 5.60. The maximum atomic E-state index is 9.11. The molecule has 0 radical (unpaired) electrons. The molecule has 0 atom stereocenters. The quantitative estimate of drug-likeness (QED) is 0.722. The van der Waals surface area contributed by atoms with Crippen molar-refractivity contribution in [1.29, 1.82) is 5.26 Å². The molecule has 0 aromatic carbocycles. The van der Waals surface area contributed by atoms with Crippen molar-refractivity contribution >= 4 is 0 Å². The van der Waals surface area contributed by atoms with E-state index in [2.05, 4.69) is 36.8 Å². The lowest BCUT2D eigenvalue weighted by Gasteiger charge is -2.47. The predicted molar refractivity (Wildman–Crippen MR) is 73.4 cm³/mol. The Morgan fingerprint density at radius 2 is 2.00 bits per heavy atom. The smallest absolute Gasteiger partial charge is 0.0641 e. The van der Waals surface area contributed by atoms with Gasteiger partial charge in [-0.25, -0.2) is 0 Å². The van der Waals surface area contributed by atoms with Crippen molar-refractivity contribution in [2.24, 2.45) is 0 Å². The predicted octanol–water partition coefficient (Wildman–Crippen LogP) is 1.72. The molecule has 1 saturated heterocycles. The summed E-state index contributed by atoms with van der Waals surface area (Å²) < 4.78 is 5.15. The van der Waals surface area contributed by atoms with Gasteiger partial charge in [0.15, 0.2) is 0 Å². The molecule has 0 aromatic heterocycles. The van der Waals surface area contributed by atoms with Crippen LogP contribution in [0.1, 0.15) is 33.1 Å². The summed E-state index contributed by atoms with van der Waals surface area (Å²) in [6.07, 6.45) is 2.79. The second kappa shape index (κ2) is 7.08. The van der Waals surface area contributed by atoms with Gasteiger partial charge in [-0.3, -0.25) is 4.90 Å². The van der Waals surface area contributed by atoms with Crippen LogP contribution in [0.3, 0.4) is 0 Å². The molecule has 0 bridgehead atoms. The third-order valence-corrected chi connectivity index (χ3v) is 4.31. The molecule has 1 heterocycles. The minimum absolute atomic E-state index is 0.0542. The van der Waals surface area contributed by atoms with E-state index in [4.69, 9.17) is 10.00 Å². The zero-order valence-corrected chi connectivity index (χ0v) is 12.3. The van der Waals surface area contributed by atoms with E-state index in [0.29, 0.717) is 12.5 Å². The Bertz CT molecular complexity index is 277. The van der Waals surface area contributed by atoms with Gasteiger partial charge in [0.05, 0.1) is 19.1 Å². The first kappa shape index (κ1) is 15.4. The highest BCUT2D eigenvalue weighted by Gasteiger charge is 2.38. The monoisotopic (exact) mass is 253 g/mol. The number of hydrogen-bond donors (Lipinski definition) is 0. The molecule has 18 heavy (non-hydrogen) atoms. The van der Waals surface area contributed by atoms with Crippen LogP contribution in [0.4, 0.5) is 0 Å². The first-order valence-electron chi connectivity index (χ1n) is 6.87. The van der Waals surface area contributed by atoms with Crippen LogP contribution < -0.4 is 0 Å². The second-order valence-electron chi connectivity index (χ2n) is 5.60. The molecule has 0 N–H and O–H groups in total. The summed E-state index contributed by atoms with van der Waals surface area (Å²) >= 11 is 0. The molecule has 0 spiro atoms. The first-order chi connectivity index (χ1) is 8.55. The number of piperidine rings is 1. The summed E-state index contributed by atoms with van der Waals surface area (Å²) in [5, 5.41) is 9.11. The standard InChI is InChI=1S/C14H27N3O/c1-13(2)17-9-6-14(5-8-15,7-10-17)16(3)11-12-18-4/h13H,5-7,9-12H2,1-4H3. The van der Waals surface area contributed by atoms with E-state index < -0.39 is 0 Å². The Balaban J connectivity index is 2.63. The minimum Gasteiger partial charge on any atom is -0.383 e. The van der Waals surface area contributed by atoms with Crippen molar-refractivity contribution in [3.8, 4) is 6.07 Å². The molecule has 1 aliphatic rings. The average molecular weight is 253 g/mol. The fourth-order valence-electron chi connectivity index (χ4n) is 2.76. The van der Waals surface area contributed by atoms with Gasteiger partial charge < -0.3 is 9.64 Å². The van der Waals surface area contributed by atoms with Gasteiger partial charge in [0.25, 0.3) is 0 Å². The summed E-state index contributed by atoms with van der Waals surface area (Å²) in [6, 6.07) is 2.98. The van der Waals surface area contributed by atoms with E-state index >= 15 is 0 Å². The molecule has 0 aromatic rings. The Kier molecular flexibility index (Phi) is 6.07. The molecule has 4 nitrogen and oxygen atoms in total. The van der Waals surface area contributed by atoms with Crippen LogP contribution in [0.2, 0.25) is 0 Å². The number of nitriles is 1. The van der Waals surface area contributed by atoms with E-state index in [0.717, 1.165) is 39.1 Å². The Labute approximate surface area is 112 Å². The third kappa shape index (κ3) is 3.68. The number of likely N-dealkylation sites (tertiary alicyclic amines) is 1. The normalized spacial score (nSPS) is 20.3. The third-order valence-electron chi connectivity index (χ3n) is 4.31. The van der Waals surface area contributed by atoms with Gasteiger partial charge >= 0.3 is 0 Å². The van der Waals surface area contributed by atoms with Crippen molar-refractivity contribution in [3.05, 3.63) is 0 Å². The van der Waals surface area contributed by atoms with Gasteiger partial charge in [0, 0.05) is 38.3 Å². The van der Waals surface area contributed by atoms with E-state index in [-0.39, 0.29) is 5.54 Å². The van der Waals surface area contributed by atoms with Gasteiger partial charge in [0.1, 0.15) is 0 Å². The Morgan fingerprint density at radius 3 is 2.44 bits per heavy atom. The zero-order chi connectivity index (χ0) is 13.6. The van der Waals surface area contributed by atoms with Crippen LogP contribution in [0.5, 0.6) is 0 Å². The van der Waals surface area contributed by atoms with Crippen molar-refractivity contribution in [2.75, 3.05) is 40.4 Å². The lowest BCUT2D eigenvalue weighted by Crippen LogP contribution is -2.55. The number of hydrogen-bond acceptors (Lipinski definition) is 4. The highest BCUT2D eigenvalue weighted by Crippen LogP contribution is 2.31. The van der Waals surface area contributed by atoms with Crippen molar-refractivity contribution < 1.29 is 4.74 Å². The molecule has 1 fully saturated rings. The molecule has 4 heteroatoms. The molecule has 0 unspecified atom stereocenters. The fraction of sp³-hybridized carbons (Fsp3) is 0.929. The Morgan fingerprint density at radius 1 is 1.39 bits per heavy atom. The summed E-state index contributed by atoms with van der Waals surface area (Å²) in [5.41, 5.74) is 0.0542. The molecule has 1 aliphatic heterocycles. The molecular weight excluding hydrogens is 226 g/mol. The highest BCUT2D eigenvalue weighted by atomic mass is 16.5. The molecular formula is C14H27N3O. The SMILES string of the molecule is COCCN(C)C1(CC#N)CCN(C(C)C)CC1. The first-order valence-corrected chi connectivity index (χ1v) is 6.87. The lowest BCUT2D eigenvalue weighted by atomic mass is 9.83. The number of ether oxygens (including phenoxy) is 1.